The van der Waals surface area contributed by atoms with Gasteiger partial charge in [-0.1, -0.05) is 44.3 Å². The van der Waals surface area contributed by atoms with Crippen molar-refractivity contribution in [2.24, 2.45) is 11.8 Å². The Hall–Kier alpha value is -2.19. The highest BCUT2D eigenvalue weighted by atomic mass is 16.6. The first-order valence-corrected chi connectivity index (χ1v) is 14.3. The first-order valence-electron chi connectivity index (χ1n) is 14.3. The molecule has 1 N–H and O–H groups in total. The first-order chi connectivity index (χ1) is 18.0. The van der Waals surface area contributed by atoms with Gasteiger partial charge in [-0.3, -0.25) is 14.4 Å². The number of nitrogens with zero attached hydrogens (tertiary/aromatic N) is 2. The molecular formula is C29H44N2O6. The van der Waals surface area contributed by atoms with Gasteiger partial charge in [-0.2, -0.15) is 0 Å². The summed E-state index contributed by atoms with van der Waals surface area (Å²) >= 11 is 0. The van der Waals surface area contributed by atoms with Crippen LogP contribution >= 0.6 is 0 Å². The topological polar surface area (TPSA) is 96.4 Å². The Morgan fingerprint density at radius 3 is 2.57 bits per heavy atom. The molecule has 2 amide bonds. The minimum atomic E-state index is -0.986. The van der Waals surface area contributed by atoms with Gasteiger partial charge in [0.1, 0.15) is 11.6 Å². The molecule has 37 heavy (non-hydrogen) atoms. The molecule has 1 spiro atoms. The molecule has 1 aliphatic carbocycles. The predicted molar refractivity (Wildman–Crippen MR) is 139 cm³/mol. The summed E-state index contributed by atoms with van der Waals surface area (Å²) in [5, 5.41) is 9.12. The molecule has 4 rings (SSSR count). The fourth-order valence-electron chi connectivity index (χ4n) is 7.14. The predicted octanol–water partition coefficient (Wildman–Crippen LogP) is 3.38. The second kappa shape index (κ2) is 12.6. The second-order valence-electron chi connectivity index (χ2n) is 11.0. The Balaban J connectivity index is 1.62. The SMILES string of the molecule is C=CCCOC(=O)[C@@H]1[C@@H]2CCC3(O2)C(C(=O)N(CC=C)C2CCCCC2)N(CCCCCCO)C(=O)[C@H]13. The molecule has 0 radical (unpaired) electrons. The molecule has 5 atom stereocenters. The van der Waals surface area contributed by atoms with Crippen LogP contribution in [0.4, 0.5) is 0 Å². The number of ether oxygens (including phenoxy) is 2. The van der Waals surface area contributed by atoms with Gasteiger partial charge in [-0.05, 0) is 44.9 Å². The van der Waals surface area contributed by atoms with Gasteiger partial charge in [0.15, 0.2) is 0 Å². The summed E-state index contributed by atoms with van der Waals surface area (Å²) in [4.78, 5) is 45.2. The van der Waals surface area contributed by atoms with E-state index in [1.54, 1.807) is 17.1 Å². The van der Waals surface area contributed by atoms with Gasteiger partial charge < -0.3 is 24.4 Å². The number of unbranched alkanes of at least 4 members (excludes halogenated alkanes) is 3. The molecular weight excluding hydrogens is 472 g/mol. The summed E-state index contributed by atoms with van der Waals surface area (Å²) in [6.07, 6.45) is 13.3. The van der Waals surface area contributed by atoms with E-state index in [2.05, 4.69) is 13.2 Å². The second-order valence-corrected chi connectivity index (χ2v) is 11.0. The molecule has 3 saturated heterocycles. The summed E-state index contributed by atoms with van der Waals surface area (Å²) in [6, 6.07) is -0.602. The summed E-state index contributed by atoms with van der Waals surface area (Å²) in [5.74, 6) is -2.00. The quantitative estimate of drug-likeness (QED) is 0.216. The van der Waals surface area contributed by atoms with Crippen LogP contribution < -0.4 is 0 Å². The number of fused-ring (bicyclic) bond motifs is 1. The molecule has 4 fully saturated rings. The Bertz CT molecular complexity index is 855. The van der Waals surface area contributed by atoms with Crippen LogP contribution in [0.1, 0.15) is 77.0 Å². The molecule has 4 aliphatic rings. The minimum Gasteiger partial charge on any atom is -0.465 e. The van der Waals surface area contributed by atoms with E-state index >= 15 is 0 Å². The van der Waals surface area contributed by atoms with Crippen molar-refractivity contribution in [3.05, 3.63) is 25.3 Å². The third-order valence-corrected chi connectivity index (χ3v) is 8.80. The number of hydrogen-bond acceptors (Lipinski definition) is 6. The van der Waals surface area contributed by atoms with Gasteiger partial charge >= 0.3 is 5.97 Å². The van der Waals surface area contributed by atoms with E-state index in [0.717, 1.165) is 51.4 Å². The lowest BCUT2D eigenvalue weighted by atomic mass is 9.70. The van der Waals surface area contributed by atoms with Crippen molar-refractivity contribution in [2.45, 2.75) is 101 Å². The zero-order valence-corrected chi connectivity index (χ0v) is 22.2. The number of carbonyl (C=O) groups is 3. The molecule has 2 bridgehead atoms. The van der Waals surface area contributed by atoms with E-state index in [1.807, 2.05) is 4.90 Å². The molecule has 0 aromatic heterocycles. The molecule has 2 unspecified atom stereocenters. The molecule has 206 valence electrons. The number of likely N-dealkylation sites (tertiary alicyclic amines) is 1. The van der Waals surface area contributed by atoms with Gasteiger partial charge in [0.25, 0.3) is 0 Å². The van der Waals surface area contributed by atoms with Gasteiger partial charge in [0, 0.05) is 25.7 Å². The monoisotopic (exact) mass is 516 g/mol. The molecule has 8 nitrogen and oxygen atoms in total. The molecule has 0 aromatic rings. The van der Waals surface area contributed by atoms with Crippen LogP contribution in [-0.2, 0) is 23.9 Å². The lowest BCUT2D eigenvalue weighted by molar-refractivity contribution is -0.155. The van der Waals surface area contributed by atoms with E-state index in [0.29, 0.717) is 32.4 Å². The van der Waals surface area contributed by atoms with Crippen LogP contribution in [0, 0.1) is 11.8 Å². The highest BCUT2D eigenvalue weighted by molar-refractivity contribution is 5.98. The van der Waals surface area contributed by atoms with Crippen LogP contribution in [-0.4, -0.2) is 82.8 Å². The lowest BCUT2D eigenvalue weighted by Gasteiger charge is -2.40. The fourth-order valence-corrected chi connectivity index (χ4v) is 7.14. The highest BCUT2D eigenvalue weighted by Crippen LogP contribution is 2.59. The van der Waals surface area contributed by atoms with Crippen LogP contribution in [0.15, 0.2) is 25.3 Å². The molecule has 3 aliphatic heterocycles. The third kappa shape index (κ3) is 5.37. The summed E-state index contributed by atoms with van der Waals surface area (Å²) < 4.78 is 12.0. The summed E-state index contributed by atoms with van der Waals surface area (Å²) in [6.45, 7) is 8.84. The maximum absolute atomic E-state index is 14.4. The summed E-state index contributed by atoms with van der Waals surface area (Å²) in [7, 11) is 0. The third-order valence-electron chi connectivity index (χ3n) is 8.80. The maximum atomic E-state index is 14.4. The van der Waals surface area contributed by atoms with E-state index in [-0.39, 0.29) is 31.1 Å². The van der Waals surface area contributed by atoms with Gasteiger partial charge in [-0.25, -0.2) is 0 Å². The van der Waals surface area contributed by atoms with Crippen molar-refractivity contribution in [1.82, 2.24) is 9.80 Å². The zero-order valence-electron chi connectivity index (χ0n) is 22.2. The van der Waals surface area contributed by atoms with E-state index in [9.17, 15) is 14.4 Å². The Kier molecular flexibility index (Phi) is 9.46. The van der Waals surface area contributed by atoms with Crippen molar-refractivity contribution < 1.29 is 29.0 Å². The highest BCUT2D eigenvalue weighted by Gasteiger charge is 2.75. The molecule has 1 saturated carbocycles. The van der Waals surface area contributed by atoms with Crippen molar-refractivity contribution in [3.8, 4) is 0 Å². The Morgan fingerprint density at radius 2 is 1.86 bits per heavy atom. The number of aliphatic hydroxyl groups excluding tert-OH is 1. The van der Waals surface area contributed by atoms with Crippen LogP contribution in [0.3, 0.4) is 0 Å². The number of aliphatic hydroxyl groups is 1. The number of esters is 1. The summed E-state index contributed by atoms with van der Waals surface area (Å²) in [5.41, 5.74) is -0.986. The van der Waals surface area contributed by atoms with Crippen molar-refractivity contribution in [1.29, 1.82) is 0 Å². The Morgan fingerprint density at radius 1 is 1.11 bits per heavy atom. The average Bonchev–Trinajstić information content (AvgIpc) is 3.55. The largest absolute Gasteiger partial charge is 0.465 e. The van der Waals surface area contributed by atoms with E-state index < -0.39 is 35.6 Å². The van der Waals surface area contributed by atoms with Gasteiger partial charge in [-0.15, -0.1) is 13.2 Å². The van der Waals surface area contributed by atoms with Gasteiger partial charge in [0.2, 0.25) is 11.8 Å². The van der Waals surface area contributed by atoms with Crippen molar-refractivity contribution in [2.75, 3.05) is 26.3 Å². The van der Waals surface area contributed by atoms with Crippen molar-refractivity contribution >= 4 is 17.8 Å². The van der Waals surface area contributed by atoms with Crippen LogP contribution in [0.5, 0.6) is 0 Å². The van der Waals surface area contributed by atoms with E-state index in [4.69, 9.17) is 14.6 Å². The van der Waals surface area contributed by atoms with Crippen LogP contribution in [0.2, 0.25) is 0 Å². The first kappa shape index (κ1) is 27.8. The van der Waals surface area contributed by atoms with Crippen LogP contribution in [0.25, 0.3) is 0 Å². The minimum absolute atomic E-state index is 0.0701. The maximum Gasteiger partial charge on any atom is 0.312 e. The van der Waals surface area contributed by atoms with Crippen molar-refractivity contribution in [3.63, 3.8) is 0 Å². The Labute approximate surface area is 221 Å². The zero-order chi connectivity index (χ0) is 26.4. The standard InChI is InChI=1S/C29H44N2O6/c1-3-5-20-36-28(35)23-22-15-16-29(37-22)24(23)26(33)31(18-11-6-7-12-19-32)25(29)27(34)30(17-4-2)21-13-9-8-10-14-21/h3-4,21-25,32H,1-2,5-20H2/t22-,23+,24-,25?,29?/m0/s1. The number of carbonyl (C=O) groups excluding carboxylic acids is 3. The number of rotatable bonds is 14. The van der Waals surface area contributed by atoms with E-state index in [1.165, 1.54) is 6.42 Å². The van der Waals surface area contributed by atoms with Gasteiger partial charge in [0.05, 0.1) is 24.5 Å². The lowest BCUT2D eigenvalue weighted by Crippen LogP contribution is -2.58. The molecule has 3 heterocycles. The normalized spacial score (nSPS) is 30.8. The number of hydrogen-bond donors (Lipinski definition) is 1. The molecule has 8 heteroatoms. The smallest absolute Gasteiger partial charge is 0.312 e. The number of amides is 2. The fraction of sp³-hybridized carbons (Fsp3) is 0.759. The molecule has 0 aromatic carbocycles. The average molecular weight is 517 g/mol.